The van der Waals surface area contributed by atoms with Gasteiger partial charge < -0.3 is 25.3 Å². The van der Waals surface area contributed by atoms with Gasteiger partial charge in [0.2, 0.25) is 0 Å². The van der Waals surface area contributed by atoms with Crippen molar-refractivity contribution in [2.24, 2.45) is 0 Å². The van der Waals surface area contributed by atoms with Gasteiger partial charge in [-0.25, -0.2) is 0 Å². The van der Waals surface area contributed by atoms with E-state index in [9.17, 15) is 24.0 Å². The predicted molar refractivity (Wildman–Crippen MR) is 153 cm³/mol. The fourth-order valence-corrected chi connectivity index (χ4v) is 4.28. The number of rotatable bonds is 9. The molecule has 4 aromatic rings. The van der Waals surface area contributed by atoms with Crippen LogP contribution in [0.25, 0.3) is 12.2 Å². The molecule has 0 bridgehead atoms. The monoisotopic (exact) mass is 558 g/mol. The number of hydrogen-bond acceptors (Lipinski definition) is 7. The molecule has 11 heteroatoms. The first kappa shape index (κ1) is 28.0. The Morgan fingerprint density at radius 2 is 1.45 bits per heavy atom. The van der Waals surface area contributed by atoms with E-state index in [-0.39, 0.29) is 34.9 Å². The summed E-state index contributed by atoms with van der Waals surface area (Å²) >= 11 is 1.34. The molecule has 4 rings (SSSR count). The number of carbonyl (C=O) groups excluding carboxylic acids is 3. The van der Waals surface area contributed by atoms with Crippen LogP contribution in [0.3, 0.4) is 0 Å². The summed E-state index contributed by atoms with van der Waals surface area (Å²) in [6.07, 6.45) is 3.73. The highest BCUT2D eigenvalue weighted by Gasteiger charge is 2.07. The molecule has 204 valence electrons. The summed E-state index contributed by atoms with van der Waals surface area (Å²) in [5.41, 5.74) is 1.32. The van der Waals surface area contributed by atoms with Crippen molar-refractivity contribution in [3.8, 4) is 0 Å². The fraction of sp³-hybridized carbons (Fsp3) is 0.138. The van der Waals surface area contributed by atoms with Crippen molar-refractivity contribution in [1.29, 1.82) is 0 Å². The van der Waals surface area contributed by atoms with E-state index in [1.165, 1.54) is 30.6 Å². The maximum Gasteiger partial charge on any atom is 0.305 e. The first-order valence-corrected chi connectivity index (χ1v) is 13.2. The van der Waals surface area contributed by atoms with Gasteiger partial charge >= 0.3 is 5.97 Å². The molecule has 2 amide bonds. The second-order valence-corrected chi connectivity index (χ2v) is 9.58. The molecule has 2 aromatic carbocycles. The van der Waals surface area contributed by atoms with Crippen LogP contribution < -0.4 is 32.5 Å². The minimum absolute atomic E-state index is 0.0637. The number of H-pyrrole nitrogens is 2. The lowest BCUT2D eigenvalue weighted by molar-refractivity contribution is -0.140. The molecule has 2 heterocycles. The number of nitrogens with one attached hydrogen (secondary N) is 4. The van der Waals surface area contributed by atoms with E-state index in [0.29, 0.717) is 40.2 Å². The number of esters is 1. The fourth-order valence-electron chi connectivity index (χ4n) is 3.66. The number of aromatic amines is 2. The number of hydrogen-bond donors (Lipinski definition) is 4. The average molecular weight is 559 g/mol. The Balaban J connectivity index is 1.43. The Kier molecular flexibility index (Phi) is 9.21. The molecule has 0 fully saturated rings. The molecule has 0 atom stereocenters. The van der Waals surface area contributed by atoms with Gasteiger partial charge in [0, 0.05) is 24.2 Å². The summed E-state index contributed by atoms with van der Waals surface area (Å²) in [4.78, 5) is 66.7. The molecule has 0 saturated carbocycles. The third kappa shape index (κ3) is 7.51. The van der Waals surface area contributed by atoms with Gasteiger partial charge in [-0.05, 0) is 65.4 Å². The van der Waals surface area contributed by atoms with E-state index in [1.54, 1.807) is 60.7 Å². The number of aromatic nitrogens is 2. The highest BCUT2D eigenvalue weighted by molar-refractivity contribution is 7.12. The van der Waals surface area contributed by atoms with Crippen molar-refractivity contribution in [3.05, 3.63) is 119 Å². The maximum absolute atomic E-state index is 12.6. The van der Waals surface area contributed by atoms with E-state index < -0.39 is 11.1 Å². The molecule has 0 spiro atoms. The minimum Gasteiger partial charge on any atom is -0.469 e. The van der Waals surface area contributed by atoms with Crippen molar-refractivity contribution in [3.63, 3.8) is 0 Å². The third-order valence-electron chi connectivity index (χ3n) is 5.76. The zero-order valence-electron chi connectivity index (χ0n) is 21.5. The number of carbonyl (C=O) groups is 3. The lowest BCUT2D eigenvalue weighted by Gasteiger charge is -2.05. The third-order valence-corrected chi connectivity index (χ3v) is 6.63. The Morgan fingerprint density at radius 3 is 2.00 bits per heavy atom. The standard InChI is InChI=1S/C29H26N4O6S/c1-39-25(34)5-2-14-30-26(35)20-10-6-18(7-11-20)16-22-27(36)33-23(28(37)32-22)17-19-8-12-21(13-9-19)31-29(38)24-4-3-15-40-24/h3-4,6-13,15-17H,2,5,14H2,1H3,(H,30,35)(H,31,38)(H,32,37)(H,33,36)/b22-16-,23-17-. The van der Waals surface area contributed by atoms with Crippen molar-refractivity contribution in [1.82, 2.24) is 15.3 Å². The van der Waals surface area contributed by atoms with Gasteiger partial charge in [-0.15, -0.1) is 11.3 Å². The quantitative estimate of drug-likeness (QED) is 0.182. The molecule has 0 aliphatic rings. The summed E-state index contributed by atoms with van der Waals surface area (Å²) in [7, 11) is 1.31. The molecule has 0 radical (unpaired) electrons. The van der Waals surface area contributed by atoms with E-state index in [1.807, 2.05) is 5.38 Å². The molecule has 10 nitrogen and oxygen atoms in total. The second kappa shape index (κ2) is 13.2. The van der Waals surface area contributed by atoms with Gasteiger partial charge in [0.1, 0.15) is 10.7 Å². The molecule has 0 unspecified atom stereocenters. The zero-order chi connectivity index (χ0) is 28.5. The Morgan fingerprint density at radius 1 is 0.850 bits per heavy atom. The van der Waals surface area contributed by atoms with Crippen LogP contribution in [-0.2, 0) is 9.53 Å². The highest BCUT2D eigenvalue weighted by atomic mass is 32.1. The van der Waals surface area contributed by atoms with Crippen molar-refractivity contribution in [2.45, 2.75) is 12.8 Å². The van der Waals surface area contributed by atoms with E-state index in [4.69, 9.17) is 0 Å². The van der Waals surface area contributed by atoms with E-state index >= 15 is 0 Å². The van der Waals surface area contributed by atoms with Crippen LogP contribution in [0.15, 0.2) is 75.6 Å². The topological polar surface area (TPSA) is 150 Å². The van der Waals surface area contributed by atoms with Crippen LogP contribution in [0.4, 0.5) is 5.69 Å². The van der Waals surface area contributed by atoms with Gasteiger partial charge in [0.25, 0.3) is 22.9 Å². The van der Waals surface area contributed by atoms with Crippen molar-refractivity contribution in [2.75, 3.05) is 19.0 Å². The maximum atomic E-state index is 12.6. The molecule has 0 aliphatic heterocycles. The normalized spacial score (nSPS) is 11.7. The largest absolute Gasteiger partial charge is 0.469 e. The van der Waals surface area contributed by atoms with Gasteiger partial charge in [0.05, 0.1) is 12.0 Å². The summed E-state index contributed by atoms with van der Waals surface area (Å²) in [5.74, 6) is -0.829. The van der Waals surface area contributed by atoms with E-state index in [2.05, 4.69) is 25.3 Å². The van der Waals surface area contributed by atoms with Crippen LogP contribution in [0, 0.1) is 0 Å². The lowest BCUT2D eigenvalue weighted by atomic mass is 10.1. The Labute approximate surface area is 232 Å². The molecular weight excluding hydrogens is 532 g/mol. The number of methoxy groups -OCH3 is 1. The van der Waals surface area contributed by atoms with Crippen LogP contribution >= 0.6 is 11.3 Å². The SMILES string of the molecule is COC(=O)CCCNC(=O)c1ccc(/C=c2\[nH]c(=O)/c(=C/c3ccc(NC(=O)c4cccs4)cc3)[nH]c2=O)cc1. The zero-order valence-corrected chi connectivity index (χ0v) is 22.3. The van der Waals surface area contributed by atoms with Crippen LogP contribution in [0.5, 0.6) is 0 Å². The van der Waals surface area contributed by atoms with Crippen LogP contribution in [0.1, 0.15) is 44.0 Å². The smallest absolute Gasteiger partial charge is 0.305 e. The van der Waals surface area contributed by atoms with Gasteiger partial charge in [-0.3, -0.25) is 24.0 Å². The second-order valence-electron chi connectivity index (χ2n) is 8.64. The number of thiophene rings is 1. The van der Waals surface area contributed by atoms with E-state index in [0.717, 1.165) is 0 Å². The summed E-state index contributed by atoms with van der Waals surface area (Å²) in [5, 5.41) is 7.50. The highest BCUT2D eigenvalue weighted by Crippen LogP contribution is 2.14. The first-order chi connectivity index (χ1) is 19.3. The number of benzene rings is 2. The average Bonchev–Trinajstić information content (AvgIpc) is 3.50. The number of anilines is 1. The first-order valence-electron chi connectivity index (χ1n) is 12.3. The lowest BCUT2D eigenvalue weighted by Crippen LogP contribution is -2.46. The summed E-state index contributed by atoms with van der Waals surface area (Å²) in [6.45, 7) is 0.331. The number of ether oxygens (including phenoxy) is 1. The van der Waals surface area contributed by atoms with Crippen molar-refractivity contribution >= 4 is 47.0 Å². The Hall–Kier alpha value is -5.03. The van der Waals surface area contributed by atoms with Crippen LogP contribution in [0.2, 0.25) is 0 Å². The van der Waals surface area contributed by atoms with Gasteiger partial charge in [0.15, 0.2) is 0 Å². The molecule has 40 heavy (non-hydrogen) atoms. The van der Waals surface area contributed by atoms with Gasteiger partial charge in [-0.2, -0.15) is 0 Å². The molecule has 0 aliphatic carbocycles. The predicted octanol–water partition coefficient (Wildman–Crippen LogP) is 1.72. The minimum atomic E-state index is -0.488. The molecule has 0 saturated heterocycles. The molecule has 2 aromatic heterocycles. The number of amides is 2. The Bertz CT molecular complexity index is 1740. The van der Waals surface area contributed by atoms with Crippen molar-refractivity contribution < 1.29 is 19.1 Å². The molecular formula is C29H26N4O6S. The summed E-state index contributed by atoms with van der Waals surface area (Å²) < 4.78 is 4.56. The summed E-state index contributed by atoms with van der Waals surface area (Å²) in [6, 6.07) is 16.9. The van der Waals surface area contributed by atoms with Crippen LogP contribution in [-0.4, -0.2) is 41.4 Å². The molecule has 4 N–H and O–H groups in total. The van der Waals surface area contributed by atoms with Gasteiger partial charge in [-0.1, -0.05) is 30.3 Å².